The number of amides is 1. The van der Waals surface area contributed by atoms with Crippen LogP contribution in [-0.4, -0.2) is 68.0 Å². The standard InChI is InChI=1S/C21H24N2O6/c1-22(2)9-10-23-18(15-6-5-11-29-15)17(20(25)21(23)26)19(24)14-8-7-13(27-3)12-16(14)28-4/h5-8,11-12,18,24H,9-10H2,1-4H3/t18-/m1/s1. The largest absolute Gasteiger partial charge is 0.507 e. The van der Waals surface area contributed by atoms with E-state index in [1.165, 1.54) is 25.4 Å². The summed E-state index contributed by atoms with van der Waals surface area (Å²) in [5.41, 5.74) is 0.252. The van der Waals surface area contributed by atoms with Crippen molar-refractivity contribution >= 4 is 17.4 Å². The van der Waals surface area contributed by atoms with Crippen molar-refractivity contribution in [1.82, 2.24) is 9.80 Å². The number of likely N-dealkylation sites (N-methyl/N-ethyl adjacent to an activating group) is 1. The highest BCUT2D eigenvalue weighted by Gasteiger charge is 2.47. The Bertz CT molecular complexity index is 933. The van der Waals surface area contributed by atoms with E-state index in [0.29, 0.717) is 30.3 Å². The molecule has 2 heterocycles. The number of likely N-dealkylation sites (tertiary alicyclic amines) is 1. The molecule has 1 aliphatic heterocycles. The summed E-state index contributed by atoms with van der Waals surface area (Å²) < 4.78 is 16.0. The third-order valence-corrected chi connectivity index (χ3v) is 4.80. The number of ether oxygens (including phenoxy) is 2. The molecule has 154 valence electrons. The van der Waals surface area contributed by atoms with Gasteiger partial charge in [0.2, 0.25) is 0 Å². The Morgan fingerprint density at radius 2 is 1.97 bits per heavy atom. The van der Waals surface area contributed by atoms with Crippen LogP contribution in [0.1, 0.15) is 17.4 Å². The van der Waals surface area contributed by atoms with E-state index in [-0.39, 0.29) is 16.9 Å². The van der Waals surface area contributed by atoms with Gasteiger partial charge in [0, 0.05) is 19.2 Å². The Morgan fingerprint density at radius 1 is 1.21 bits per heavy atom. The molecule has 1 N–H and O–H groups in total. The first-order valence-corrected chi connectivity index (χ1v) is 9.08. The zero-order valence-electron chi connectivity index (χ0n) is 16.8. The van der Waals surface area contributed by atoms with E-state index >= 15 is 0 Å². The van der Waals surface area contributed by atoms with Gasteiger partial charge in [-0.2, -0.15) is 0 Å². The number of methoxy groups -OCH3 is 2. The molecule has 8 heteroatoms. The lowest BCUT2D eigenvalue weighted by Crippen LogP contribution is -2.35. The fourth-order valence-electron chi connectivity index (χ4n) is 3.30. The number of carbonyl (C=O) groups is 2. The van der Waals surface area contributed by atoms with Gasteiger partial charge in [-0.05, 0) is 38.4 Å². The Balaban J connectivity index is 2.14. The molecule has 0 spiro atoms. The Morgan fingerprint density at radius 3 is 2.55 bits per heavy atom. The Hall–Kier alpha value is -3.26. The van der Waals surface area contributed by atoms with Crippen LogP contribution in [0.25, 0.3) is 5.76 Å². The summed E-state index contributed by atoms with van der Waals surface area (Å²) in [6, 6.07) is 7.35. The molecule has 1 fully saturated rings. The highest BCUT2D eigenvalue weighted by atomic mass is 16.5. The van der Waals surface area contributed by atoms with Gasteiger partial charge < -0.3 is 28.8 Å². The molecule has 0 bridgehead atoms. The lowest BCUT2D eigenvalue weighted by atomic mass is 9.98. The average molecular weight is 400 g/mol. The van der Waals surface area contributed by atoms with Crippen LogP contribution < -0.4 is 9.47 Å². The molecular weight excluding hydrogens is 376 g/mol. The molecule has 1 aromatic carbocycles. The van der Waals surface area contributed by atoms with Gasteiger partial charge in [0.15, 0.2) is 0 Å². The zero-order valence-corrected chi connectivity index (χ0v) is 16.8. The number of Topliss-reactive ketones (excluding diaryl/α,β-unsaturated/α-hetero) is 1. The van der Waals surface area contributed by atoms with Crippen LogP contribution in [0.15, 0.2) is 46.6 Å². The molecule has 1 atom stereocenters. The van der Waals surface area contributed by atoms with Gasteiger partial charge in [0.25, 0.3) is 11.7 Å². The predicted molar refractivity (Wildman–Crippen MR) is 106 cm³/mol. The monoisotopic (exact) mass is 400 g/mol. The SMILES string of the molecule is COc1ccc(C(O)=C2C(=O)C(=O)N(CCN(C)C)[C@@H]2c2ccco2)c(OC)c1. The first-order valence-electron chi connectivity index (χ1n) is 9.08. The number of furan rings is 1. The normalized spacial score (nSPS) is 18.5. The second kappa shape index (κ2) is 8.40. The number of aliphatic hydroxyl groups is 1. The van der Waals surface area contributed by atoms with Crippen LogP contribution in [0.5, 0.6) is 11.5 Å². The fraction of sp³-hybridized carbons (Fsp3) is 0.333. The third-order valence-electron chi connectivity index (χ3n) is 4.80. The van der Waals surface area contributed by atoms with Crippen LogP contribution >= 0.6 is 0 Å². The second-order valence-corrected chi connectivity index (χ2v) is 6.88. The van der Waals surface area contributed by atoms with Crippen molar-refractivity contribution in [3.05, 3.63) is 53.5 Å². The first kappa shape index (κ1) is 20.5. The Labute approximate surface area is 168 Å². The number of ketones is 1. The summed E-state index contributed by atoms with van der Waals surface area (Å²) in [5, 5.41) is 11.1. The van der Waals surface area contributed by atoms with Crippen LogP contribution in [-0.2, 0) is 9.59 Å². The first-order chi connectivity index (χ1) is 13.9. The number of rotatable bonds is 7. The van der Waals surface area contributed by atoms with Gasteiger partial charge in [0.1, 0.15) is 29.1 Å². The van der Waals surface area contributed by atoms with Crippen molar-refractivity contribution in [2.75, 3.05) is 41.4 Å². The summed E-state index contributed by atoms with van der Waals surface area (Å²) >= 11 is 0. The number of carbonyl (C=O) groups excluding carboxylic acids is 2. The molecule has 29 heavy (non-hydrogen) atoms. The third kappa shape index (κ3) is 3.84. The van der Waals surface area contributed by atoms with Crippen molar-refractivity contribution in [1.29, 1.82) is 0 Å². The van der Waals surface area contributed by atoms with Gasteiger partial charge in [-0.25, -0.2) is 0 Å². The molecule has 0 aliphatic carbocycles. The molecule has 3 rings (SSSR count). The van der Waals surface area contributed by atoms with Gasteiger partial charge >= 0.3 is 0 Å². The van der Waals surface area contributed by atoms with E-state index < -0.39 is 17.7 Å². The second-order valence-electron chi connectivity index (χ2n) is 6.88. The minimum absolute atomic E-state index is 0.0350. The minimum atomic E-state index is -0.822. The van der Waals surface area contributed by atoms with E-state index in [1.54, 1.807) is 30.3 Å². The predicted octanol–water partition coefficient (Wildman–Crippen LogP) is 2.28. The number of nitrogens with zero attached hydrogens (tertiary/aromatic N) is 2. The molecule has 8 nitrogen and oxygen atoms in total. The van der Waals surface area contributed by atoms with E-state index in [2.05, 4.69) is 0 Å². The minimum Gasteiger partial charge on any atom is -0.507 e. The lowest BCUT2D eigenvalue weighted by Gasteiger charge is -2.24. The molecule has 0 saturated carbocycles. The van der Waals surface area contributed by atoms with Crippen molar-refractivity contribution in [2.24, 2.45) is 0 Å². The Kier molecular flexibility index (Phi) is 5.93. The van der Waals surface area contributed by atoms with E-state index in [1.807, 2.05) is 19.0 Å². The van der Waals surface area contributed by atoms with Crippen LogP contribution in [0.3, 0.4) is 0 Å². The van der Waals surface area contributed by atoms with Gasteiger partial charge in [-0.1, -0.05) is 0 Å². The maximum absolute atomic E-state index is 12.9. The number of hydrogen-bond acceptors (Lipinski definition) is 7. The lowest BCUT2D eigenvalue weighted by molar-refractivity contribution is -0.140. The average Bonchev–Trinajstić information content (AvgIpc) is 3.32. The van der Waals surface area contributed by atoms with Crippen molar-refractivity contribution in [3.8, 4) is 11.5 Å². The topological polar surface area (TPSA) is 92.5 Å². The maximum Gasteiger partial charge on any atom is 0.295 e. The smallest absolute Gasteiger partial charge is 0.295 e. The number of benzene rings is 1. The highest BCUT2D eigenvalue weighted by molar-refractivity contribution is 6.46. The maximum atomic E-state index is 12.9. The van der Waals surface area contributed by atoms with E-state index in [4.69, 9.17) is 13.9 Å². The fourth-order valence-corrected chi connectivity index (χ4v) is 3.30. The number of aliphatic hydroxyl groups excluding tert-OH is 1. The summed E-state index contributed by atoms with van der Waals surface area (Å²) in [4.78, 5) is 28.9. The highest BCUT2D eigenvalue weighted by Crippen LogP contribution is 2.41. The molecule has 0 unspecified atom stereocenters. The molecule has 1 amide bonds. The van der Waals surface area contributed by atoms with E-state index in [0.717, 1.165) is 0 Å². The molecular formula is C21H24N2O6. The molecule has 1 aliphatic rings. The van der Waals surface area contributed by atoms with Crippen molar-refractivity contribution in [3.63, 3.8) is 0 Å². The van der Waals surface area contributed by atoms with Crippen LogP contribution in [0.4, 0.5) is 0 Å². The quantitative estimate of drug-likeness (QED) is 0.433. The van der Waals surface area contributed by atoms with Crippen molar-refractivity contribution < 1.29 is 28.6 Å². The van der Waals surface area contributed by atoms with Crippen LogP contribution in [0.2, 0.25) is 0 Å². The van der Waals surface area contributed by atoms with Crippen LogP contribution in [0, 0.1) is 0 Å². The zero-order chi connectivity index (χ0) is 21.1. The van der Waals surface area contributed by atoms with Gasteiger partial charge in [0.05, 0.1) is 31.6 Å². The summed E-state index contributed by atoms with van der Waals surface area (Å²) in [6.07, 6.45) is 1.47. The van der Waals surface area contributed by atoms with Gasteiger partial charge in [-0.3, -0.25) is 9.59 Å². The summed E-state index contributed by atoms with van der Waals surface area (Å²) in [7, 11) is 6.72. The molecule has 1 aromatic heterocycles. The molecule has 1 saturated heterocycles. The summed E-state index contributed by atoms with van der Waals surface area (Å²) in [5.74, 6) is -0.511. The number of hydrogen-bond donors (Lipinski definition) is 1. The molecule has 2 aromatic rings. The molecule has 0 radical (unpaired) electrons. The van der Waals surface area contributed by atoms with Gasteiger partial charge in [-0.15, -0.1) is 0 Å². The van der Waals surface area contributed by atoms with E-state index in [9.17, 15) is 14.7 Å². The summed E-state index contributed by atoms with van der Waals surface area (Å²) in [6.45, 7) is 0.857. The van der Waals surface area contributed by atoms with Crippen molar-refractivity contribution in [2.45, 2.75) is 6.04 Å².